The van der Waals surface area contributed by atoms with Gasteiger partial charge in [-0.1, -0.05) is 24.3 Å². The molecule has 5 rings (SSSR count). The number of amides is 1. The highest BCUT2D eigenvalue weighted by Gasteiger charge is 2.30. The van der Waals surface area contributed by atoms with Crippen molar-refractivity contribution >= 4 is 17.9 Å². The molecule has 2 saturated heterocycles. The van der Waals surface area contributed by atoms with E-state index in [1.807, 2.05) is 18.1 Å². The Morgan fingerprint density at radius 2 is 1.57 bits per heavy atom. The van der Waals surface area contributed by atoms with Gasteiger partial charge in [-0.05, 0) is 91.0 Å². The van der Waals surface area contributed by atoms with Crippen molar-refractivity contribution in [3.63, 3.8) is 0 Å². The van der Waals surface area contributed by atoms with E-state index < -0.39 is 0 Å². The second-order valence-corrected chi connectivity index (χ2v) is 11.3. The van der Waals surface area contributed by atoms with E-state index in [9.17, 15) is 9.18 Å². The van der Waals surface area contributed by atoms with Gasteiger partial charge in [0.2, 0.25) is 5.91 Å². The van der Waals surface area contributed by atoms with Crippen LogP contribution in [0.1, 0.15) is 12.8 Å². The number of piperazine rings is 1. The zero-order chi connectivity index (χ0) is 25.8. The molecule has 3 heterocycles. The fourth-order valence-corrected chi connectivity index (χ4v) is 6.07. The van der Waals surface area contributed by atoms with Crippen molar-refractivity contribution in [2.45, 2.75) is 23.9 Å². The molecule has 6 nitrogen and oxygen atoms in total. The molecule has 2 N–H and O–H groups in total. The van der Waals surface area contributed by atoms with Crippen LogP contribution in [0.25, 0.3) is 11.1 Å². The zero-order valence-corrected chi connectivity index (χ0v) is 22.2. The van der Waals surface area contributed by atoms with Gasteiger partial charge >= 0.3 is 0 Å². The molecule has 8 heteroatoms. The number of carbonyl (C=O) groups excluding carboxylic acids is 1. The van der Waals surface area contributed by atoms with Crippen LogP contribution in [0.3, 0.4) is 0 Å². The van der Waals surface area contributed by atoms with Crippen molar-refractivity contribution in [1.82, 2.24) is 19.0 Å². The first-order chi connectivity index (χ1) is 17.9. The van der Waals surface area contributed by atoms with Gasteiger partial charge in [-0.25, -0.2) is 8.70 Å². The smallest absolute Gasteiger partial charge is 0.225 e. The van der Waals surface area contributed by atoms with Gasteiger partial charge in [-0.15, -0.1) is 0 Å². The number of benzene rings is 2. The Bertz CT molecular complexity index is 1120. The summed E-state index contributed by atoms with van der Waals surface area (Å²) >= 11 is 1.74. The topological polar surface area (TPSA) is 56.0 Å². The number of piperidine rings is 1. The van der Waals surface area contributed by atoms with E-state index in [1.54, 1.807) is 24.1 Å². The van der Waals surface area contributed by atoms with Gasteiger partial charge in [-0.3, -0.25) is 9.69 Å². The molecule has 0 aromatic heterocycles. The largest absolute Gasteiger partial charge is 0.362 e. The maximum Gasteiger partial charge on any atom is 0.225 e. The molecule has 0 radical (unpaired) electrons. The monoisotopic (exact) mass is 521 g/mol. The molecule has 1 amide bonds. The van der Waals surface area contributed by atoms with E-state index in [4.69, 9.17) is 5.73 Å². The maximum atomic E-state index is 13.2. The lowest BCUT2D eigenvalue weighted by molar-refractivity contribution is -0.138. The molecule has 196 valence electrons. The second kappa shape index (κ2) is 11.8. The Balaban J connectivity index is 1.05. The quantitative estimate of drug-likeness (QED) is 0.580. The molecule has 1 unspecified atom stereocenters. The molecule has 3 aliphatic rings. The van der Waals surface area contributed by atoms with Crippen molar-refractivity contribution in [2.75, 3.05) is 52.9 Å². The molecule has 2 aromatic carbocycles. The van der Waals surface area contributed by atoms with E-state index in [-0.39, 0.29) is 17.9 Å². The fourth-order valence-electron chi connectivity index (χ4n) is 5.16. The Morgan fingerprint density at radius 3 is 2.19 bits per heavy atom. The van der Waals surface area contributed by atoms with Crippen LogP contribution in [-0.2, 0) is 4.79 Å². The van der Waals surface area contributed by atoms with Crippen LogP contribution in [0.5, 0.6) is 0 Å². The van der Waals surface area contributed by atoms with Crippen LogP contribution in [0.4, 0.5) is 4.39 Å². The summed E-state index contributed by atoms with van der Waals surface area (Å²) in [6.07, 6.45) is 8.09. The molecule has 0 bridgehead atoms. The molecular weight excluding hydrogens is 485 g/mol. The number of nitrogens with two attached hydrogens (primary N) is 1. The molecule has 0 spiro atoms. The number of hydrogen-bond donors (Lipinski definition) is 1. The van der Waals surface area contributed by atoms with Crippen LogP contribution in [0.15, 0.2) is 77.4 Å². The van der Waals surface area contributed by atoms with Gasteiger partial charge in [-0.2, -0.15) is 0 Å². The Morgan fingerprint density at radius 1 is 0.946 bits per heavy atom. The van der Waals surface area contributed by atoms with E-state index in [1.165, 1.54) is 22.6 Å². The standard InChI is InChI=1S/C29H36FN5OS/c1-32-13-10-22(20-28(32)31)21-33-14-11-25(12-15-33)29(36)34-16-18-35(19-17-34)37-27-8-4-24(5-9-27)23-2-6-26(30)7-3-23/h2-10,13,20,25,28H,11-12,14-19,21,31H2,1H3. The lowest BCUT2D eigenvalue weighted by Crippen LogP contribution is -2.50. The van der Waals surface area contributed by atoms with Crippen LogP contribution in [0, 0.1) is 11.7 Å². The minimum Gasteiger partial charge on any atom is -0.362 e. The van der Waals surface area contributed by atoms with Crippen LogP contribution >= 0.6 is 11.9 Å². The first-order valence-corrected chi connectivity index (χ1v) is 13.9. The highest BCUT2D eigenvalue weighted by molar-refractivity contribution is 7.97. The predicted molar refractivity (Wildman–Crippen MR) is 148 cm³/mol. The summed E-state index contributed by atoms with van der Waals surface area (Å²) in [7, 11) is 1.98. The highest BCUT2D eigenvalue weighted by atomic mass is 32.2. The summed E-state index contributed by atoms with van der Waals surface area (Å²) in [5.74, 6) is 0.246. The Kier molecular flexibility index (Phi) is 8.30. The fraction of sp³-hybridized carbons (Fsp3) is 0.414. The Labute approximate surface area is 223 Å². The van der Waals surface area contributed by atoms with Gasteiger partial charge in [0.1, 0.15) is 5.82 Å². The van der Waals surface area contributed by atoms with Gasteiger partial charge in [0.05, 0.1) is 6.17 Å². The van der Waals surface area contributed by atoms with Gasteiger partial charge in [0, 0.05) is 56.8 Å². The molecule has 3 aliphatic heterocycles. The third-order valence-electron chi connectivity index (χ3n) is 7.54. The van der Waals surface area contributed by atoms with Crippen molar-refractivity contribution < 1.29 is 9.18 Å². The number of likely N-dealkylation sites (tertiary alicyclic amines) is 1. The normalized spacial score (nSPS) is 21.8. The molecule has 0 saturated carbocycles. The van der Waals surface area contributed by atoms with Crippen molar-refractivity contribution in [3.8, 4) is 11.1 Å². The summed E-state index contributed by atoms with van der Waals surface area (Å²) in [6, 6.07) is 15.0. The molecule has 2 fully saturated rings. The number of halogens is 1. The van der Waals surface area contributed by atoms with Gasteiger partial charge < -0.3 is 15.5 Å². The molecule has 1 atom stereocenters. The molecule has 0 aliphatic carbocycles. The highest BCUT2D eigenvalue weighted by Crippen LogP contribution is 2.28. The van der Waals surface area contributed by atoms with Crippen LogP contribution < -0.4 is 5.73 Å². The summed E-state index contributed by atoms with van der Waals surface area (Å²) < 4.78 is 15.5. The summed E-state index contributed by atoms with van der Waals surface area (Å²) in [6.45, 7) is 6.10. The van der Waals surface area contributed by atoms with Crippen LogP contribution in [0.2, 0.25) is 0 Å². The van der Waals surface area contributed by atoms with E-state index in [2.05, 4.69) is 50.5 Å². The van der Waals surface area contributed by atoms with Crippen molar-refractivity contribution in [1.29, 1.82) is 0 Å². The number of hydrogen-bond acceptors (Lipinski definition) is 6. The number of nitrogens with zero attached hydrogens (tertiary/aromatic N) is 4. The summed E-state index contributed by atoms with van der Waals surface area (Å²) in [5.41, 5.74) is 9.46. The van der Waals surface area contributed by atoms with E-state index in [0.717, 1.165) is 69.8 Å². The number of rotatable bonds is 6. The minimum atomic E-state index is -0.219. The van der Waals surface area contributed by atoms with Crippen molar-refractivity contribution in [3.05, 3.63) is 78.3 Å². The first kappa shape index (κ1) is 26.0. The number of likely N-dealkylation sites (N-methyl/N-ethyl adjacent to an activating group) is 1. The summed E-state index contributed by atoms with van der Waals surface area (Å²) in [4.78, 5) is 20.9. The van der Waals surface area contributed by atoms with Gasteiger partial charge in [0.15, 0.2) is 0 Å². The predicted octanol–water partition coefficient (Wildman–Crippen LogP) is 4.03. The number of carbonyl (C=O) groups is 1. The Hall–Kier alpha value is -2.65. The maximum absolute atomic E-state index is 13.2. The van der Waals surface area contributed by atoms with Gasteiger partial charge in [0.25, 0.3) is 0 Å². The average Bonchev–Trinajstić information content (AvgIpc) is 2.92. The SMILES string of the molecule is CN1C=CC(CN2CCC(C(=O)N3CCN(Sc4ccc(-c5ccc(F)cc5)cc4)CC3)CC2)=CC1N. The van der Waals surface area contributed by atoms with E-state index >= 15 is 0 Å². The first-order valence-electron chi connectivity index (χ1n) is 13.1. The van der Waals surface area contributed by atoms with Crippen LogP contribution in [-0.4, -0.2) is 83.9 Å². The molecule has 2 aromatic rings. The molecule has 37 heavy (non-hydrogen) atoms. The zero-order valence-electron chi connectivity index (χ0n) is 21.4. The average molecular weight is 522 g/mol. The van der Waals surface area contributed by atoms with E-state index in [0.29, 0.717) is 5.91 Å². The third kappa shape index (κ3) is 6.62. The summed E-state index contributed by atoms with van der Waals surface area (Å²) in [5, 5.41) is 0. The minimum absolute atomic E-state index is 0.0586. The lowest BCUT2D eigenvalue weighted by Gasteiger charge is -2.38. The molecular formula is C29H36FN5OS. The second-order valence-electron chi connectivity index (χ2n) is 10.1. The lowest BCUT2D eigenvalue weighted by atomic mass is 9.94. The third-order valence-corrected chi connectivity index (χ3v) is 8.64. The van der Waals surface area contributed by atoms with Crippen molar-refractivity contribution in [2.24, 2.45) is 11.7 Å².